The van der Waals surface area contributed by atoms with Crippen molar-refractivity contribution in [3.8, 4) is 0 Å². The third-order valence-corrected chi connectivity index (χ3v) is 5.14. The van der Waals surface area contributed by atoms with E-state index in [-0.39, 0.29) is 6.04 Å². The predicted molar refractivity (Wildman–Crippen MR) is 106 cm³/mol. The van der Waals surface area contributed by atoms with E-state index in [1.54, 1.807) is 0 Å². The van der Waals surface area contributed by atoms with Crippen molar-refractivity contribution in [3.63, 3.8) is 0 Å². The zero-order valence-corrected chi connectivity index (χ0v) is 16.3. The van der Waals surface area contributed by atoms with Crippen LogP contribution in [0.3, 0.4) is 0 Å². The summed E-state index contributed by atoms with van der Waals surface area (Å²) in [5.41, 5.74) is 17.5. The zero-order chi connectivity index (χ0) is 17.9. The molecule has 0 bridgehead atoms. The lowest BCUT2D eigenvalue weighted by Crippen LogP contribution is -2.11. The molecule has 0 fully saturated rings. The van der Waals surface area contributed by atoms with E-state index in [9.17, 15) is 0 Å². The summed E-state index contributed by atoms with van der Waals surface area (Å²) in [6.07, 6.45) is 4.28. The number of nitrogens with two attached hydrogens (primary N) is 1. The molecular formula is C23H33N. The first-order valence-electron chi connectivity index (χ1n) is 9.40. The van der Waals surface area contributed by atoms with Gasteiger partial charge in [0.25, 0.3) is 0 Å². The Kier molecular flexibility index (Phi) is 6.23. The fourth-order valence-electron chi connectivity index (χ4n) is 4.13. The van der Waals surface area contributed by atoms with E-state index < -0.39 is 0 Å². The van der Waals surface area contributed by atoms with Crippen LogP contribution in [0, 0.1) is 13.8 Å². The second kappa shape index (κ2) is 7.98. The van der Waals surface area contributed by atoms with Gasteiger partial charge in [0, 0.05) is 6.04 Å². The van der Waals surface area contributed by atoms with Crippen LogP contribution in [0.15, 0.2) is 24.3 Å². The molecule has 130 valence electrons. The highest BCUT2D eigenvalue weighted by molar-refractivity contribution is 5.44. The van der Waals surface area contributed by atoms with Crippen LogP contribution in [0.4, 0.5) is 0 Å². The summed E-state index contributed by atoms with van der Waals surface area (Å²) in [7, 11) is 0. The van der Waals surface area contributed by atoms with Crippen LogP contribution < -0.4 is 5.73 Å². The molecule has 1 nitrogen and oxygen atoms in total. The Morgan fingerprint density at radius 1 is 0.792 bits per heavy atom. The van der Waals surface area contributed by atoms with Crippen molar-refractivity contribution in [3.05, 3.63) is 68.8 Å². The molecule has 24 heavy (non-hydrogen) atoms. The number of benzene rings is 2. The lowest BCUT2D eigenvalue weighted by Gasteiger charge is -2.18. The van der Waals surface area contributed by atoms with Crippen LogP contribution in [0.5, 0.6) is 0 Å². The molecule has 0 spiro atoms. The molecule has 0 aromatic heterocycles. The van der Waals surface area contributed by atoms with Gasteiger partial charge in [-0.25, -0.2) is 0 Å². The Balaban J connectivity index is 2.42. The number of hydrogen-bond acceptors (Lipinski definition) is 1. The van der Waals surface area contributed by atoms with Gasteiger partial charge in [0.1, 0.15) is 0 Å². The summed E-state index contributed by atoms with van der Waals surface area (Å²) in [6, 6.07) is 9.57. The summed E-state index contributed by atoms with van der Waals surface area (Å²) in [6.45, 7) is 13.3. The first-order valence-corrected chi connectivity index (χ1v) is 9.40. The van der Waals surface area contributed by atoms with Crippen LogP contribution >= 0.6 is 0 Å². The molecule has 2 aromatic carbocycles. The van der Waals surface area contributed by atoms with Gasteiger partial charge in [0.05, 0.1) is 0 Å². The van der Waals surface area contributed by atoms with Crippen molar-refractivity contribution in [2.75, 3.05) is 0 Å². The number of rotatable bonds is 6. The first kappa shape index (κ1) is 18.7. The van der Waals surface area contributed by atoms with Crippen LogP contribution in [0.1, 0.15) is 78.2 Å². The second-order valence-electron chi connectivity index (χ2n) is 7.06. The maximum atomic E-state index is 6.18. The molecule has 0 amide bonds. The SMILES string of the molecule is CCc1cc(Cc2cc(C)c([C@H](C)N)c(CC)c2)cc(C)c1CC. The van der Waals surface area contributed by atoms with Crippen molar-refractivity contribution in [1.82, 2.24) is 0 Å². The first-order chi connectivity index (χ1) is 11.4. The summed E-state index contributed by atoms with van der Waals surface area (Å²) in [4.78, 5) is 0. The smallest absolute Gasteiger partial charge is 0.0271 e. The molecular weight excluding hydrogens is 290 g/mol. The lowest BCUT2D eigenvalue weighted by atomic mass is 9.89. The Morgan fingerprint density at radius 2 is 1.33 bits per heavy atom. The van der Waals surface area contributed by atoms with Crippen molar-refractivity contribution < 1.29 is 0 Å². The van der Waals surface area contributed by atoms with Crippen molar-refractivity contribution in [2.45, 2.75) is 73.3 Å². The highest BCUT2D eigenvalue weighted by atomic mass is 14.6. The molecule has 0 aliphatic rings. The Bertz CT molecular complexity index is 710. The summed E-state index contributed by atoms with van der Waals surface area (Å²) < 4.78 is 0. The Hall–Kier alpha value is -1.60. The average molecular weight is 324 g/mol. The van der Waals surface area contributed by atoms with Gasteiger partial charge in [0.15, 0.2) is 0 Å². The minimum absolute atomic E-state index is 0.103. The molecule has 0 unspecified atom stereocenters. The third-order valence-electron chi connectivity index (χ3n) is 5.14. The zero-order valence-electron chi connectivity index (χ0n) is 16.3. The third kappa shape index (κ3) is 3.89. The molecule has 0 aliphatic carbocycles. The van der Waals surface area contributed by atoms with Gasteiger partial charge in [-0.15, -0.1) is 0 Å². The highest BCUT2D eigenvalue weighted by Gasteiger charge is 2.12. The normalized spacial score (nSPS) is 12.5. The summed E-state index contributed by atoms with van der Waals surface area (Å²) >= 11 is 0. The molecule has 2 rings (SSSR count). The molecule has 0 heterocycles. The molecule has 1 atom stereocenters. The predicted octanol–water partition coefficient (Wildman–Crippen LogP) is 5.60. The van der Waals surface area contributed by atoms with E-state index in [0.29, 0.717) is 0 Å². The maximum Gasteiger partial charge on any atom is 0.0271 e. The summed E-state index contributed by atoms with van der Waals surface area (Å²) in [5, 5.41) is 0. The topological polar surface area (TPSA) is 26.0 Å². The van der Waals surface area contributed by atoms with Crippen LogP contribution in [-0.2, 0) is 25.7 Å². The van der Waals surface area contributed by atoms with Gasteiger partial charge in [-0.3, -0.25) is 0 Å². The minimum atomic E-state index is 0.103. The van der Waals surface area contributed by atoms with Gasteiger partial charge in [0.2, 0.25) is 0 Å². The summed E-state index contributed by atoms with van der Waals surface area (Å²) in [5.74, 6) is 0. The van der Waals surface area contributed by atoms with Gasteiger partial charge >= 0.3 is 0 Å². The van der Waals surface area contributed by atoms with Gasteiger partial charge in [-0.05, 0) is 91.0 Å². The Morgan fingerprint density at radius 3 is 1.83 bits per heavy atom. The molecule has 2 aromatic rings. The number of hydrogen-bond donors (Lipinski definition) is 1. The van der Waals surface area contributed by atoms with E-state index in [1.165, 1.54) is 44.5 Å². The van der Waals surface area contributed by atoms with Crippen molar-refractivity contribution in [2.24, 2.45) is 5.73 Å². The largest absolute Gasteiger partial charge is 0.324 e. The van der Waals surface area contributed by atoms with Gasteiger partial charge < -0.3 is 5.73 Å². The molecule has 2 N–H and O–H groups in total. The van der Waals surface area contributed by atoms with Crippen LogP contribution in [0.25, 0.3) is 0 Å². The molecule has 0 saturated carbocycles. The van der Waals surface area contributed by atoms with E-state index in [1.807, 2.05) is 0 Å². The molecule has 0 aliphatic heterocycles. The lowest BCUT2D eigenvalue weighted by molar-refractivity contribution is 0.791. The fourth-order valence-corrected chi connectivity index (χ4v) is 4.13. The van der Waals surface area contributed by atoms with Crippen LogP contribution in [0.2, 0.25) is 0 Å². The minimum Gasteiger partial charge on any atom is -0.324 e. The molecule has 0 radical (unpaired) electrons. The van der Waals surface area contributed by atoms with E-state index >= 15 is 0 Å². The second-order valence-corrected chi connectivity index (χ2v) is 7.06. The van der Waals surface area contributed by atoms with E-state index in [2.05, 4.69) is 65.8 Å². The van der Waals surface area contributed by atoms with Crippen LogP contribution in [-0.4, -0.2) is 0 Å². The highest BCUT2D eigenvalue weighted by Crippen LogP contribution is 2.26. The standard InChI is InChI=1S/C23H33N/c1-7-20-13-18(10-15(4)22(20)9-3)12-19-11-16(5)23(17(6)24)21(8-2)14-19/h10-11,13-14,17H,7-9,12,24H2,1-6H3/t17-/m0/s1. The molecule has 0 saturated heterocycles. The quantitative estimate of drug-likeness (QED) is 0.735. The van der Waals surface area contributed by atoms with E-state index in [4.69, 9.17) is 5.73 Å². The fraction of sp³-hybridized carbons (Fsp3) is 0.478. The monoisotopic (exact) mass is 323 g/mol. The van der Waals surface area contributed by atoms with Gasteiger partial charge in [-0.2, -0.15) is 0 Å². The van der Waals surface area contributed by atoms with Crippen molar-refractivity contribution in [1.29, 1.82) is 0 Å². The van der Waals surface area contributed by atoms with E-state index in [0.717, 1.165) is 25.7 Å². The number of aryl methyl sites for hydroxylation is 4. The molecule has 1 heteroatoms. The maximum absolute atomic E-state index is 6.18. The van der Waals surface area contributed by atoms with Crippen molar-refractivity contribution >= 4 is 0 Å². The average Bonchev–Trinajstić information content (AvgIpc) is 2.53. The Labute approximate surface area is 148 Å². The van der Waals surface area contributed by atoms with Gasteiger partial charge in [-0.1, -0.05) is 45.0 Å².